The second-order valence-electron chi connectivity index (χ2n) is 4.98. The first-order valence-corrected chi connectivity index (χ1v) is 6.96. The molecule has 3 rings (SSSR count). The first-order valence-electron chi connectivity index (χ1n) is 6.96. The first kappa shape index (κ1) is 15.9. The van der Waals surface area contributed by atoms with Crippen molar-refractivity contribution in [2.24, 2.45) is 0 Å². The molecule has 3 aromatic rings. The molecule has 1 N–H and O–H groups in total. The molecule has 0 saturated carbocycles. The maximum atomic E-state index is 12.1. The zero-order valence-electron chi connectivity index (χ0n) is 12.2. The Bertz CT molecular complexity index is 857. The molecule has 0 atom stereocenters. The molecule has 0 radical (unpaired) electrons. The van der Waals surface area contributed by atoms with Crippen molar-refractivity contribution in [3.8, 4) is 5.75 Å². The third-order valence-corrected chi connectivity index (χ3v) is 3.26. The fourth-order valence-corrected chi connectivity index (χ4v) is 2.15. The van der Waals surface area contributed by atoms with Gasteiger partial charge in [-0.15, -0.1) is 13.2 Å². The smallest absolute Gasteiger partial charge is 0.406 e. The van der Waals surface area contributed by atoms with Crippen molar-refractivity contribution < 1.29 is 22.7 Å². The molecule has 124 valence electrons. The lowest BCUT2D eigenvalue weighted by molar-refractivity contribution is -0.274. The van der Waals surface area contributed by atoms with E-state index in [0.29, 0.717) is 11.1 Å². The first-order chi connectivity index (χ1) is 11.4. The Morgan fingerprint density at radius 3 is 2.62 bits per heavy atom. The summed E-state index contributed by atoms with van der Waals surface area (Å²) in [6.07, 6.45) is 0.284. The summed E-state index contributed by atoms with van der Waals surface area (Å²) in [7, 11) is 0. The second-order valence-corrected chi connectivity index (χ2v) is 4.98. The normalized spacial score (nSPS) is 11.5. The molecule has 0 spiro atoms. The van der Waals surface area contributed by atoms with Gasteiger partial charge in [-0.1, -0.05) is 12.1 Å². The number of nitrogens with one attached hydrogen (secondary N) is 1. The standard InChI is InChI=1S/C16H12F3N3O2/c17-16(18,19)24-13-4-1-11(2-5-13)9-21-15(23)12-3-6-14-20-7-8-22(14)10-12/h1-8,10H,9H2,(H,21,23). The zero-order chi connectivity index (χ0) is 17.2. The van der Waals surface area contributed by atoms with Gasteiger partial charge < -0.3 is 14.5 Å². The fourth-order valence-electron chi connectivity index (χ4n) is 2.15. The minimum Gasteiger partial charge on any atom is -0.406 e. The second kappa shape index (κ2) is 6.23. The van der Waals surface area contributed by atoms with Crippen molar-refractivity contribution in [2.75, 3.05) is 0 Å². The van der Waals surface area contributed by atoms with E-state index in [1.807, 2.05) is 0 Å². The van der Waals surface area contributed by atoms with Gasteiger partial charge in [-0.3, -0.25) is 4.79 Å². The molecule has 0 unspecified atom stereocenters. The van der Waals surface area contributed by atoms with E-state index in [2.05, 4.69) is 15.0 Å². The average Bonchev–Trinajstić information content (AvgIpc) is 3.00. The molecule has 0 fully saturated rings. The number of carbonyl (C=O) groups is 1. The molecule has 5 nitrogen and oxygen atoms in total. The van der Waals surface area contributed by atoms with E-state index in [4.69, 9.17) is 0 Å². The Morgan fingerprint density at radius 2 is 1.92 bits per heavy atom. The van der Waals surface area contributed by atoms with Gasteiger partial charge in [0.2, 0.25) is 0 Å². The number of ether oxygens (including phenoxy) is 1. The molecule has 0 bridgehead atoms. The van der Waals surface area contributed by atoms with Crippen LogP contribution in [0, 0.1) is 0 Å². The molecule has 0 aliphatic carbocycles. The van der Waals surface area contributed by atoms with E-state index in [1.165, 1.54) is 24.3 Å². The predicted octanol–water partition coefficient (Wildman–Crippen LogP) is 3.16. The summed E-state index contributed by atoms with van der Waals surface area (Å²) in [5, 5.41) is 2.70. The molecule has 2 heterocycles. The number of hydrogen-bond acceptors (Lipinski definition) is 3. The van der Waals surface area contributed by atoms with Crippen LogP contribution >= 0.6 is 0 Å². The largest absolute Gasteiger partial charge is 0.573 e. The van der Waals surface area contributed by atoms with Gasteiger partial charge in [-0.05, 0) is 29.8 Å². The van der Waals surface area contributed by atoms with Crippen molar-refractivity contribution >= 4 is 11.6 Å². The highest BCUT2D eigenvalue weighted by Gasteiger charge is 2.30. The molecular weight excluding hydrogens is 323 g/mol. The summed E-state index contributed by atoms with van der Waals surface area (Å²) in [6.45, 7) is 0.188. The monoisotopic (exact) mass is 335 g/mol. The van der Waals surface area contributed by atoms with Gasteiger partial charge in [-0.2, -0.15) is 0 Å². The maximum absolute atomic E-state index is 12.1. The lowest BCUT2D eigenvalue weighted by atomic mass is 10.2. The fraction of sp³-hybridized carbons (Fsp3) is 0.125. The van der Waals surface area contributed by atoms with Gasteiger partial charge in [0.25, 0.3) is 5.91 Å². The number of aromatic nitrogens is 2. The van der Waals surface area contributed by atoms with Crippen molar-refractivity contribution in [1.29, 1.82) is 0 Å². The molecule has 8 heteroatoms. The van der Waals surface area contributed by atoms with Crippen LogP contribution in [-0.4, -0.2) is 21.7 Å². The molecule has 1 aromatic carbocycles. The predicted molar refractivity (Wildman–Crippen MR) is 79.5 cm³/mol. The van der Waals surface area contributed by atoms with Gasteiger partial charge in [0.15, 0.2) is 0 Å². The topological polar surface area (TPSA) is 55.6 Å². The molecule has 1 amide bonds. The minimum absolute atomic E-state index is 0.188. The Hall–Kier alpha value is -3.03. The van der Waals surface area contributed by atoms with Gasteiger partial charge in [0.05, 0.1) is 5.56 Å². The number of amides is 1. The summed E-state index contributed by atoms with van der Waals surface area (Å²) in [6, 6.07) is 8.69. The van der Waals surface area contributed by atoms with Crippen LogP contribution in [0.15, 0.2) is 55.0 Å². The van der Waals surface area contributed by atoms with Crippen LogP contribution < -0.4 is 10.1 Å². The van der Waals surface area contributed by atoms with E-state index in [9.17, 15) is 18.0 Å². The highest BCUT2D eigenvalue weighted by molar-refractivity contribution is 5.94. The molecule has 24 heavy (non-hydrogen) atoms. The van der Waals surface area contributed by atoms with Crippen LogP contribution in [0.5, 0.6) is 5.75 Å². The molecule has 0 aliphatic rings. The van der Waals surface area contributed by atoms with Gasteiger partial charge >= 0.3 is 6.36 Å². The Kier molecular flexibility index (Phi) is 4.11. The summed E-state index contributed by atoms with van der Waals surface area (Å²) < 4.78 is 41.8. The quantitative estimate of drug-likeness (QED) is 0.797. The molecule has 2 aromatic heterocycles. The van der Waals surface area contributed by atoms with Crippen LogP contribution in [0.2, 0.25) is 0 Å². The van der Waals surface area contributed by atoms with Crippen molar-refractivity contribution in [3.05, 3.63) is 66.1 Å². The van der Waals surface area contributed by atoms with Crippen molar-refractivity contribution in [3.63, 3.8) is 0 Å². The third kappa shape index (κ3) is 3.83. The van der Waals surface area contributed by atoms with Gasteiger partial charge in [0, 0.05) is 25.1 Å². The molecule has 0 aliphatic heterocycles. The van der Waals surface area contributed by atoms with Crippen LogP contribution in [0.1, 0.15) is 15.9 Å². The van der Waals surface area contributed by atoms with E-state index in [1.54, 1.807) is 35.1 Å². The number of benzene rings is 1. The van der Waals surface area contributed by atoms with Gasteiger partial charge in [0.1, 0.15) is 11.4 Å². The SMILES string of the molecule is O=C(NCc1ccc(OC(F)(F)F)cc1)c1ccc2nccn2c1. The van der Waals surface area contributed by atoms with E-state index in [0.717, 1.165) is 5.65 Å². The Labute approximate surface area is 134 Å². The summed E-state index contributed by atoms with van der Waals surface area (Å²) in [5.41, 5.74) is 1.84. The number of rotatable bonds is 4. The third-order valence-electron chi connectivity index (χ3n) is 3.26. The van der Waals surface area contributed by atoms with Crippen LogP contribution in [0.4, 0.5) is 13.2 Å². The van der Waals surface area contributed by atoms with Crippen LogP contribution in [-0.2, 0) is 6.54 Å². The van der Waals surface area contributed by atoms with Crippen LogP contribution in [0.3, 0.4) is 0 Å². The number of halogens is 3. The molecule has 0 saturated heterocycles. The van der Waals surface area contributed by atoms with E-state index < -0.39 is 6.36 Å². The maximum Gasteiger partial charge on any atom is 0.573 e. The number of alkyl halides is 3. The lowest BCUT2D eigenvalue weighted by Gasteiger charge is -2.10. The number of nitrogens with zero attached hydrogens (tertiary/aromatic N) is 2. The Balaban J connectivity index is 1.61. The van der Waals surface area contributed by atoms with Crippen LogP contribution in [0.25, 0.3) is 5.65 Å². The minimum atomic E-state index is -4.72. The van der Waals surface area contributed by atoms with E-state index >= 15 is 0 Å². The van der Waals surface area contributed by atoms with Crippen molar-refractivity contribution in [2.45, 2.75) is 12.9 Å². The number of fused-ring (bicyclic) bond motifs is 1. The number of imidazole rings is 1. The lowest BCUT2D eigenvalue weighted by Crippen LogP contribution is -2.23. The zero-order valence-corrected chi connectivity index (χ0v) is 12.2. The highest BCUT2D eigenvalue weighted by atomic mass is 19.4. The van der Waals surface area contributed by atoms with Crippen molar-refractivity contribution in [1.82, 2.24) is 14.7 Å². The number of pyridine rings is 1. The van der Waals surface area contributed by atoms with Gasteiger partial charge in [-0.25, -0.2) is 4.98 Å². The summed E-state index contributed by atoms with van der Waals surface area (Å²) in [4.78, 5) is 16.2. The number of carbonyl (C=O) groups excluding carboxylic acids is 1. The summed E-state index contributed by atoms with van der Waals surface area (Å²) >= 11 is 0. The average molecular weight is 335 g/mol. The highest BCUT2D eigenvalue weighted by Crippen LogP contribution is 2.22. The number of hydrogen-bond donors (Lipinski definition) is 1. The summed E-state index contributed by atoms with van der Waals surface area (Å²) in [5.74, 6) is -0.593. The molecular formula is C16H12F3N3O2. The van der Waals surface area contributed by atoms with E-state index in [-0.39, 0.29) is 18.2 Å². The Morgan fingerprint density at radius 1 is 1.17 bits per heavy atom.